The van der Waals surface area contributed by atoms with E-state index in [0.717, 1.165) is 0 Å². The van der Waals surface area contributed by atoms with E-state index in [4.69, 9.17) is 16.1 Å². The molecule has 8 heteroatoms. The van der Waals surface area contributed by atoms with E-state index in [1.54, 1.807) is 6.92 Å². The molecule has 0 aliphatic carbocycles. The van der Waals surface area contributed by atoms with Crippen molar-refractivity contribution >= 4 is 23.5 Å². The highest BCUT2D eigenvalue weighted by atomic mass is 35.5. The van der Waals surface area contributed by atoms with Crippen LogP contribution in [0.4, 0.5) is 6.01 Å². The third-order valence-corrected chi connectivity index (χ3v) is 2.52. The molecule has 19 heavy (non-hydrogen) atoms. The molecule has 0 saturated carbocycles. The zero-order chi connectivity index (χ0) is 14.0. The number of nitrogens with one attached hydrogen (secondary N) is 1. The summed E-state index contributed by atoms with van der Waals surface area (Å²) in [5.41, 5.74) is 0.0798. The minimum absolute atomic E-state index is 0.00303. The maximum absolute atomic E-state index is 12.0. The first kappa shape index (κ1) is 13.4. The third-order valence-electron chi connectivity index (χ3n) is 2.24. The number of nitrogens with zero attached hydrogens (tertiary/aromatic N) is 4. The van der Waals surface area contributed by atoms with Gasteiger partial charge in [0.1, 0.15) is 5.82 Å². The fourth-order valence-corrected chi connectivity index (χ4v) is 1.50. The van der Waals surface area contributed by atoms with Crippen LogP contribution in [0.25, 0.3) is 0 Å². The molecule has 100 valence electrons. The number of aryl methyl sites for hydroxylation is 1. The lowest BCUT2D eigenvalue weighted by Crippen LogP contribution is -2.16. The number of halogens is 1. The maximum atomic E-state index is 12.0. The van der Waals surface area contributed by atoms with Crippen molar-refractivity contribution in [3.63, 3.8) is 0 Å². The van der Waals surface area contributed by atoms with Crippen LogP contribution in [-0.2, 0) is 0 Å². The molecule has 2 rings (SSSR count). The lowest BCUT2D eigenvalue weighted by molar-refractivity contribution is 0.101. The van der Waals surface area contributed by atoms with E-state index < -0.39 is 5.91 Å². The highest BCUT2D eigenvalue weighted by Crippen LogP contribution is 2.17. The molecule has 2 aromatic heterocycles. The lowest BCUT2D eigenvalue weighted by atomic mass is 10.2. The van der Waals surface area contributed by atoms with Crippen molar-refractivity contribution in [2.24, 2.45) is 0 Å². The van der Waals surface area contributed by atoms with Gasteiger partial charge < -0.3 is 4.52 Å². The van der Waals surface area contributed by atoms with E-state index in [-0.39, 0.29) is 22.6 Å². The minimum atomic E-state index is -0.516. The van der Waals surface area contributed by atoms with Crippen LogP contribution in [0.3, 0.4) is 0 Å². The van der Waals surface area contributed by atoms with Crippen LogP contribution in [-0.4, -0.2) is 26.0 Å². The maximum Gasteiger partial charge on any atom is 0.328 e. The summed E-state index contributed by atoms with van der Waals surface area (Å²) < 4.78 is 4.79. The van der Waals surface area contributed by atoms with Crippen molar-refractivity contribution in [2.45, 2.75) is 26.7 Å². The molecule has 0 atom stereocenters. The van der Waals surface area contributed by atoms with Crippen molar-refractivity contribution in [1.29, 1.82) is 0 Å². The Bertz CT molecular complexity index is 611. The van der Waals surface area contributed by atoms with Crippen LogP contribution in [0.1, 0.15) is 41.9 Å². The normalized spacial score (nSPS) is 10.8. The van der Waals surface area contributed by atoms with Crippen molar-refractivity contribution in [1.82, 2.24) is 20.1 Å². The number of anilines is 1. The Labute approximate surface area is 114 Å². The summed E-state index contributed by atoms with van der Waals surface area (Å²) in [5.74, 6) is 0.538. The Morgan fingerprint density at radius 2 is 2.16 bits per heavy atom. The predicted molar refractivity (Wildman–Crippen MR) is 68.1 cm³/mol. The molecule has 0 radical (unpaired) electrons. The van der Waals surface area contributed by atoms with E-state index >= 15 is 0 Å². The lowest BCUT2D eigenvalue weighted by Gasteiger charge is -2.06. The van der Waals surface area contributed by atoms with Gasteiger partial charge in [-0.05, 0) is 6.92 Å². The van der Waals surface area contributed by atoms with Gasteiger partial charge in [0.2, 0.25) is 0 Å². The molecule has 7 nitrogen and oxygen atoms in total. The molecular weight excluding hydrogens is 270 g/mol. The topological polar surface area (TPSA) is 93.8 Å². The first-order valence-electron chi connectivity index (χ1n) is 5.61. The van der Waals surface area contributed by atoms with Crippen molar-refractivity contribution in [3.05, 3.63) is 28.6 Å². The molecule has 0 aliphatic rings. The number of hydrogen-bond acceptors (Lipinski definition) is 6. The second-order valence-corrected chi connectivity index (χ2v) is 4.59. The first-order valence-corrected chi connectivity index (χ1v) is 5.99. The van der Waals surface area contributed by atoms with Gasteiger partial charge in [0.15, 0.2) is 11.5 Å². The summed E-state index contributed by atoms with van der Waals surface area (Å²) in [6, 6.07) is 0.00303. The van der Waals surface area contributed by atoms with Crippen LogP contribution in [0.15, 0.2) is 10.7 Å². The predicted octanol–water partition coefficient (Wildman–Crippen LogP) is 2.20. The zero-order valence-corrected chi connectivity index (χ0v) is 11.4. The monoisotopic (exact) mass is 281 g/mol. The van der Waals surface area contributed by atoms with Gasteiger partial charge in [-0.1, -0.05) is 30.6 Å². The Morgan fingerprint density at radius 1 is 1.42 bits per heavy atom. The zero-order valence-electron chi connectivity index (χ0n) is 10.6. The van der Waals surface area contributed by atoms with Gasteiger partial charge in [-0.2, -0.15) is 4.98 Å². The Balaban J connectivity index is 2.25. The first-order chi connectivity index (χ1) is 8.97. The van der Waals surface area contributed by atoms with Gasteiger partial charge in [0, 0.05) is 5.92 Å². The molecule has 0 spiro atoms. The van der Waals surface area contributed by atoms with Crippen LogP contribution >= 0.6 is 11.6 Å². The summed E-state index contributed by atoms with van der Waals surface area (Å²) in [6.07, 6.45) is 1.40. The Morgan fingerprint density at radius 3 is 2.74 bits per heavy atom. The Hall–Kier alpha value is -2.02. The van der Waals surface area contributed by atoms with Gasteiger partial charge in [0.25, 0.3) is 5.91 Å². The molecule has 2 heterocycles. The average molecular weight is 282 g/mol. The molecule has 0 aromatic carbocycles. The standard InChI is InChI=1S/C11H12ClN5O2/c1-5(2)9-13-4-7(12)8(15-9)10(18)16-11-14-6(3)17-19-11/h4-5H,1-3H3,(H,14,16,17,18). The number of amides is 1. The molecule has 0 unspecified atom stereocenters. The largest absolute Gasteiger partial charge is 0.328 e. The van der Waals surface area contributed by atoms with Crippen molar-refractivity contribution < 1.29 is 9.32 Å². The molecule has 0 fully saturated rings. The average Bonchev–Trinajstić information content (AvgIpc) is 2.74. The summed E-state index contributed by atoms with van der Waals surface area (Å²) >= 11 is 5.91. The van der Waals surface area contributed by atoms with Gasteiger partial charge in [-0.25, -0.2) is 9.97 Å². The second-order valence-electron chi connectivity index (χ2n) is 4.18. The van der Waals surface area contributed by atoms with E-state index in [2.05, 4.69) is 25.4 Å². The third kappa shape index (κ3) is 3.05. The highest BCUT2D eigenvalue weighted by Gasteiger charge is 2.17. The highest BCUT2D eigenvalue weighted by molar-refractivity contribution is 6.33. The van der Waals surface area contributed by atoms with Crippen molar-refractivity contribution in [3.8, 4) is 0 Å². The van der Waals surface area contributed by atoms with Gasteiger partial charge >= 0.3 is 6.01 Å². The summed E-state index contributed by atoms with van der Waals surface area (Å²) in [6.45, 7) is 5.49. The molecule has 2 aromatic rings. The van der Waals surface area contributed by atoms with Crippen LogP contribution in [0.5, 0.6) is 0 Å². The molecule has 1 amide bonds. The second kappa shape index (κ2) is 5.31. The summed E-state index contributed by atoms with van der Waals surface area (Å²) in [4.78, 5) is 24.1. The van der Waals surface area contributed by atoms with Gasteiger partial charge in [0.05, 0.1) is 11.2 Å². The fourth-order valence-electron chi connectivity index (χ4n) is 1.32. The summed E-state index contributed by atoms with van der Waals surface area (Å²) in [5, 5.41) is 6.16. The van der Waals surface area contributed by atoms with E-state index in [1.807, 2.05) is 13.8 Å². The fraction of sp³-hybridized carbons (Fsp3) is 0.364. The van der Waals surface area contributed by atoms with Gasteiger partial charge in [-0.3, -0.25) is 10.1 Å². The molecular formula is C11H12ClN5O2. The van der Waals surface area contributed by atoms with Crippen LogP contribution < -0.4 is 5.32 Å². The van der Waals surface area contributed by atoms with E-state index in [9.17, 15) is 4.79 Å². The van der Waals surface area contributed by atoms with Gasteiger partial charge in [-0.15, -0.1) is 0 Å². The molecule has 0 bridgehead atoms. The SMILES string of the molecule is Cc1noc(NC(=O)c2nc(C(C)C)ncc2Cl)n1. The van der Waals surface area contributed by atoms with Crippen LogP contribution in [0.2, 0.25) is 5.02 Å². The number of rotatable bonds is 3. The summed E-state index contributed by atoms with van der Waals surface area (Å²) in [7, 11) is 0. The number of hydrogen-bond donors (Lipinski definition) is 1. The molecule has 1 N–H and O–H groups in total. The van der Waals surface area contributed by atoms with Crippen LogP contribution in [0, 0.1) is 6.92 Å². The van der Waals surface area contributed by atoms with E-state index in [1.165, 1.54) is 6.20 Å². The Kier molecular flexibility index (Phi) is 3.75. The number of carbonyl (C=O) groups is 1. The molecule has 0 aliphatic heterocycles. The van der Waals surface area contributed by atoms with E-state index in [0.29, 0.717) is 11.6 Å². The smallest absolute Gasteiger partial charge is 0.315 e. The van der Waals surface area contributed by atoms with Crippen molar-refractivity contribution in [2.75, 3.05) is 5.32 Å². The quantitative estimate of drug-likeness (QED) is 0.927. The number of aromatic nitrogens is 4. The molecule has 0 saturated heterocycles. The number of carbonyl (C=O) groups excluding carboxylic acids is 1. The minimum Gasteiger partial charge on any atom is -0.315 e.